The maximum absolute atomic E-state index is 12.5. The lowest BCUT2D eigenvalue weighted by molar-refractivity contribution is -0.143. The van der Waals surface area contributed by atoms with Crippen LogP contribution < -0.4 is 5.32 Å². The SMILES string of the molecule is CCCCCC/C=C\CCCCCCCC(=O)OCCCCC/C=C\C=C/CCCCCCCCCCCCC(=O)NC(CO)C(O)/C=C/CCCCCCCCCCCCCCCC. The molecular weight excluding hydrogens is 803 g/mol. The highest BCUT2D eigenvalue weighted by Gasteiger charge is 2.18. The molecule has 380 valence electrons. The molecule has 0 aromatic heterocycles. The lowest BCUT2D eigenvalue weighted by Gasteiger charge is -2.20. The van der Waals surface area contributed by atoms with Crippen LogP contribution in [0.15, 0.2) is 48.6 Å². The Morgan fingerprint density at radius 2 is 0.769 bits per heavy atom. The van der Waals surface area contributed by atoms with Gasteiger partial charge in [-0.15, -0.1) is 0 Å². The van der Waals surface area contributed by atoms with Gasteiger partial charge in [0, 0.05) is 12.8 Å². The summed E-state index contributed by atoms with van der Waals surface area (Å²) >= 11 is 0. The zero-order valence-electron chi connectivity index (χ0n) is 43.2. The quantitative estimate of drug-likeness (QED) is 0.0245. The number of unbranched alkanes of at least 4 members (excludes halogenated alkanes) is 36. The number of aliphatic hydroxyl groups excluding tert-OH is 2. The molecule has 1 amide bonds. The Morgan fingerprint density at radius 3 is 1.20 bits per heavy atom. The van der Waals surface area contributed by atoms with E-state index in [1.807, 2.05) is 6.08 Å². The number of esters is 1. The van der Waals surface area contributed by atoms with E-state index in [1.54, 1.807) is 6.08 Å². The van der Waals surface area contributed by atoms with Gasteiger partial charge in [-0.2, -0.15) is 0 Å². The Hall–Kier alpha value is -2.18. The minimum absolute atomic E-state index is 0.0239. The summed E-state index contributed by atoms with van der Waals surface area (Å²) in [5, 5.41) is 23.1. The highest BCUT2D eigenvalue weighted by atomic mass is 16.5. The number of hydrogen-bond acceptors (Lipinski definition) is 5. The normalized spacial score (nSPS) is 13.0. The van der Waals surface area contributed by atoms with Crippen molar-refractivity contribution in [3.05, 3.63) is 48.6 Å². The molecule has 0 aliphatic rings. The molecule has 6 heteroatoms. The first kappa shape index (κ1) is 62.8. The molecule has 0 aliphatic heterocycles. The van der Waals surface area contributed by atoms with Crippen molar-refractivity contribution < 1.29 is 24.5 Å². The van der Waals surface area contributed by atoms with Gasteiger partial charge in [0.1, 0.15) is 0 Å². The van der Waals surface area contributed by atoms with Gasteiger partial charge in [0.25, 0.3) is 0 Å². The van der Waals surface area contributed by atoms with Crippen molar-refractivity contribution in [1.29, 1.82) is 0 Å². The number of nitrogens with one attached hydrogen (secondary N) is 1. The summed E-state index contributed by atoms with van der Waals surface area (Å²) in [6.07, 6.45) is 68.4. The summed E-state index contributed by atoms with van der Waals surface area (Å²) in [5.41, 5.74) is 0. The van der Waals surface area contributed by atoms with E-state index in [2.05, 4.69) is 55.6 Å². The van der Waals surface area contributed by atoms with Crippen LogP contribution in [0.25, 0.3) is 0 Å². The molecule has 0 bridgehead atoms. The van der Waals surface area contributed by atoms with Gasteiger partial charge in [-0.3, -0.25) is 9.59 Å². The summed E-state index contributed by atoms with van der Waals surface area (Å²) in [4.78, 5) is 24.5. The molecule has 0 aromatic carbocycles. The summed E-state index contributed by atoms with van der Waals surface area (Å²) in [5.74, 6) is -0.102. The van der Waals surface area contributed by atoms with Crippen molar-refractivity contribution >= 4 is 11.9 Å². The molecule has 0 rings (SSSR count). The van der Waals surface area contributed by atoms with Crippen LogP contribution >= 0.6 is 0 Å². The van der Waals surface area contributed by atoms with Crippen molar-refractivity contribution in [3.8, 4) is 0 Å². The van der Waals surface area contributed by atoms with E-state index in [-0.39, 0.29) is 18.5 Å². The molecule has 2 atom stereocenters. The Labute approximate surface area is 404 Å². The maximum atomic E-state index is 12.5. The van der Waals surface area contributed by atoms with Crippen molar-refractivity contribution in [3.63, 3.8) is 0 Å². The van der Waals surface area contributed by atoms with Gasteiger partial charge in [-0.1, -0.05) is 236 Å². The van der Waals surface area contributed by atoms with Gasteiger partial charge in [0.2, 0.25) is 5.91 Å². The highest BCUT2D eigenvalue weighted by Crippen LogP contribution is 2.16. The Morgan fingerprint density at radius 1 is 0.431 bits per heavy atom. The minimum atomic E-state index is -0.852. The fourth-order valence-corrected chi connectivity index (χ4v) is 8.44. The van der Waals surface area contributed by atoms with Crippen LogP contribution in [0, 0.1) is 0 Å². The average Bonchev–Trinajstić information content (AvgIpc) is 3.31. The topological polar surface area (TPSA) is 95.9 Å². The molecule has 2 unspecified atom stereocenters. The predicted octanol–water partition coefficient (Wildman–Crippen LogP) is 17.4. The monoisotopic (exact) mass is 912 g/mol. The van der Waals surface area contributed by atoms with Gasteiger partial charge in [-0.05, 0) is 89.9 Å². The lowest BCUT2D eigenvalue weighted by atomic mass is 10.0. The first-order valence-corrected chi connectivity index (χ1v) is 28.4. The van der Waals surface area contributed by atoms with Crippen molar-refractivity contribution in [1.82, 2.24) is 5.32 Å². The zero-order chi connectivity index (χ0) is 47.2. The van der Waals surface area contributed by atoms with Crippen LogP contribution in [0.4, 0.5) is 0 Å². The molecular formula is C59H109NO5. The number of ether oxygens (including phenoxy) is 1. The Balaban J connectivity index is 3.52. The van der Waals surface area contributed by atoms with E-state index >= 15 is 0 Å². The predicted molar refractivity (Wildman–Crippen MR) is 282 cm³/mol. The standard InChI is InChI=1S/C59H109NO5/c1-3-5-7-9-11-13-15-17-18-24-28-31-35-39-43-47-51-57(62)56(55-61)60-58(63)52-48-44-40-36-32-29-25-22-20-19-21-23-26-30-34-38-42-46-50-54-65-59(64)53-49-45-41-37-33-27-16-14-12-10-8-6-4-2/h14,16,23,26,30,34,47,51,56-57,61-62H,3-13,15,17-22,24-25,27-29,31-33,35-46,48-50,52-55H2,1-2H3,(H,60,63)/b16-14-,26-23-,34-30-,51-47+. The van der Waals surface area contributed by atoms with Crippen LogP contribution in [0.5, 0.6) is 0 Å². The molecule has 0 aromatic rings. The van der Waals surface area contributed by atoms with E-state index in [0.717, 1.165) is 77.0 Å². The molecule has 6 nitrogen and oxygen atoms in total. The Kier molecular flexibility index (Phi) is 52.6. The van der Waals surface area contributed by atoms with Crippen LogP contribution in [-0.2, 0) is 14.3 Å². The molecule has 65 heavy (non-hydrogen) atoms. The summed E-state index contributed by atoms with van der Waals surface area (Å²) in [6.45, 7) is 4.84. The average molecular weight is 913 g/mol. The third-order valence-electron chi connectivity index (χ3n) is 12.8. The third-order valence-corrected chi connectivity index (χ3v) is 12.8. The number of amides is 1. The van der Waals surface area contributed by atoms with E-state index < -0.39 is 12.1 Å². The van der Waals surface area contributed by atoms with Gasteiger partial charge in [0.15, 0.2) is 0 Å². The van der Waals surface area contributed by atoms with E-state index in [1.165, 1.54) is 186 Å². The largest absolute Gasteiger partial charge is 0.466 e. The van der Waals surface area contributed by atoms with Gasteiger partial charge in [0.05, 0.1) is 25.4 Å². The van der Waals surface area contributed by atoms with Gasteiger partial charge >= 0.3 is 5.97 Å². The second-order valence-corrected chi connectivity index (χ2v) is 19.3. The molecule has 0 radical (unpaired) electrons. The van der Waals surface area contributed by atoms with Crippen LogP contribution in [-0.4, -0.2) is 47.4 Å². The van der Waals surface area contributed by atoms with E-state index in [0.29, 0.717) is 19.4 Å². The van der Waals surface area contributed by atoms with Crippen molar-refractivity contribution in [2.45, 2.75) is 302 Å². The second-order valence-electron chi connectivity index (χ2n) is 19.3. The van der Waals surface area contributed by atoms with E-state index in [4.69, 9.17) is 4.74 Å². The first-order chi connectivity index (χ1) is 32.0. The van der Waals surface area contributed by atoms with Crippen molar-refractivity contribution in [2.75, 3.05) is 13.2 Å². The van der Waals surface area contributed by atoms with Crippen LogP contribution in [0.1, 0.15) is 290 Å². The fraction of sp³-hybridized carbons (Fsp3) is 0.831. The van der Waals surface area contributed by atoms with Crippen LogP contribution in [0.3, 0.4) is 0 Å². The zero-order valence-corrected chi connectivity index (χ0v) is 43.2. The Bertz CT molecular complexity index is 1100. The number of carbonyl (C=O) groups excluding carboxylic acids is 2. The number of hydrogen-bond donors (Lipinski definition) is 3. The fourth-order valence-electron chi connectivity index (χ4n) is 8.44. The van der Waals surface area contributed by atoms with E-state index in [9.17, 15) is 19.8 Å². The number of carbonyl (C=O) groups is 2. The minimum Gasteiger partial charge on any atom is -0.466 e. The van der Waals surface area contributed by atoms with Gasteiger partial charge in [-0.25, -0.2) is 0 Å². The summed E-state index contributed by atoms with van der Waals surface area (Å²) in [6, 6.07) is -0.636. The molecule has 0 spiro atoms. The second kappa shape index (κ2) is 54.4. The maximum Gasteiger partial charge on any atom is 0.305 e. The number of allylic oxidation sites excluding steroid dienone is 7. The third kappa shape index (κ3) is 51.1. The van der Waals surface area contributed by atoms with Crippen LogP contribution in [0.2, 0.25) is 0 Å². The highest BCUT2D eigenvalue weighted by molar-refractivity contribution is 5.76. The lowest BCUT2D eigenvalue weighted by Crippen LogP contribution is -2.45. The van der Waals surface area contributed by atoms with Crippen molar-refractivity contribution in [2.24, 2.45) is 0 Å². The smallest absolute Gasteiger partial charge is 0.305 e. The first-order valence-electron chi connectivity index (χ1n) is 28.4. The molecule has 0 fully saturated rings. The summed E-state index contributed by atoms with van der Waals surface area (Å²) in [7, 11) is 0. The molecule has 3 N–H and O–H groups in total. The molecule has 0 saturated carbocycles. The molecule has 0 aliphatic carbocycles. The van der Waals surface area contributed by atoms with Gasteiger partial charge < -0.3 is 20.3 Å². The molecule has 0 saturated heterocycles. The number of rotatable bonds is 52. The number of aliphatic hydroxyl groups is 2. The molecule has 0 heterocycles. The summed E-state index contributed by atoms with van der Waals surface area (Å²) < 4.78 is 5.44.